The van der Waals surface area contributed by atoms with Gasteiger partial charge in [0.25, 0.3) is 0 Å². The number of likely N-dealkylation sites (N-methyl/N-ethyl adjacent to an activating group) is 1. The zero-order chi connectivity index (χ0) is 13.7. The molecule has 18 heavy (non-hydrogen) atoms. The third kappa shape index (κ3) is 4.78. The fourth-order valence-corrected chi connectivity index (χ4v) is 1.99. The number of carbonyl (C=O) groups excluding carboxylic acids is 1. The Labute approximate surface area is 118 Å². The predicted octanol–water partition coefficient (Wildman–Crippen LogP) is 2.71. The summed E-state index contributed by atoms with van der Waals surface area (Å²) < 4.78 is 1.05. The molecule has 1 N–H and O–H groups in total. The van der Waals surface area contributed by atoms with Crippen LogP contribution >= 0.6 is 15.9 Å². The van der Waals surface area contributed by atoms with Crippen LogP contribution in [0.5, 0.6) is 0 Å². The lowest BCUT2D eigenvalue weighted by molar-refractivity contribution is -0.129. The average molecular weight is 313 g/mol. The van der Waals surface area contributed by atoms with Crippen LogP contribution in [0.25, 0.3) is 0 Å². The van der Waals surface area contributed by atoms with E-state index in [4.69, 9.17) is 0 Å². The molecule has 0 spiro atoms. The van der Waals surface area contributed by atoms with Gasteiger partial charge in [0.15, 0.2) is 0 Å². The van der Waals surface area contributed by atoms with E-state index < -0.39 is 0 Å². The minimum atomic E-state index is 0.114. The number of halogens is 1. The zero-order valence-corrected chi connectivity index (χ0v) is 13.0. The van der Waals surface area contributed by atoms with Gasteiger partial charge in [0.1, 0.15) is 0 Å². The van der Waals surface area contributed by atoms with Crippen molar-refractivity contribution in [3.63, 3.8) is 0 Å². The number of aryl methyl sites for hydroxylation is 1. The van der Waals surface area contributed by atoms with E-state index >= 15 is 0 Å². The summed E-state index contributed by atoms with van der Waals surface area (Å²) in [6.45, 7) is 7.16. The summed E-state index contributed by atoms with van der Waals surface area (Å²) in [4.78, 5) is 13.7. The molecule has 0 unspecified atom stereocenters. The van der Waals surface area contributed by atoms with Crippen molar-refractivity contribution >= 4 is 21.8 Å². The topological polar surface area (TPSA) is 32.3 Å². The fourth-order valence-electron chi connectivity index (χ4n) is 1.58. The van der Waals surface area contributed by atoms with Gasteiger partial charge in [0.2, 0.25) is 5.91 Å². The molecule has 0 aromatic heterocycles. The predicted molar refractivity (Wildman–Crippen MR) is 78.5 cm³/mol. The molecular formula is C14H21BrN2O. The minimum Gasteiger partial charge on any atom is -0.340 e. The van der Waals surface area contributed by atoms with Crippen molar-refractivity contribution in [1.29, 1.82) is 0 Å². The third-order valence-corrected chi connectivity index (χ3v) is 3.30. The van der Waals surface area contributed by atoms with Crippen LogP contribution in [0.1, 0.15) is 25.0 Å². The van der Waals surface area contributed by atoms with Gasteiger partial charge in [-0.1, -0.05) is 35.8 Å². The van der Waals surface area contributed by atoms with Crippen molar-refractivity contribution in [3.8, 4) is 0 Å². The van der Waals surface area contributed by atoms with E-state index in [2.05, 4.69) is 40.3 Å². The largest absolute Gasteiger partial charge is 0.340 e. The van der Waals surface area contributed by atoms with Gasteiger partial charge in [-0.25, -0.2) is 0 Å². The summed E-state index contributed by atoms with van der Waals surface area (Å²) in [5, 5.41) is 3.14. The Balaban J connectivity index is 2.60. The number of carbonyl (C=O) groups is 1. The van der Waals surface area contributed by atoms with Crippen LogP contribution in [-0.2, 0) is 11.3 Å². The average Bonchev–Trinajstić information content (AvgIpc) is 2.30. The molecule has 4 heteroatoms. The second kappa shape index (κ2) is 6.90. The summed E-state index contributed by atoms with van der Waals surface area (Å²) in [5.74, 6) is 0.114. The molecule has 0 fully saturated rings. The lowest BCUT2D eigenvalue weighted by Crippen LogP contribution is -2.37. The SMILES string of the molecule is Cc1ccc(Br)cc1CN(C)C(=O)CNC(C)C. The number of hydrogen-bond acceptors (Lipinski definition) is 2. The van der Waals surface area contributed by atoms with Crippen molar-refractivity contribution in [2.24, 2.45) is 0 Å². The monoisotopic (exact) mass is 312 g/mol. The van der Waals surface area contributed by atoms with E-state index in [9.17, 15) is 4.79 Å². The standard InChI is InChI=1S/C14H21BrN2O/c1-10(2)16-8-14(18)17(4)9-12-7-13(15)6-5-11(12)3/h5-7,10,16H,8-9H2,1-4H3. The normalized spacial score (nSPS) is 10.8. The minimum absolute atomic E-state index is 0.114. The van der Waals surface area contributed by atoms with Gasteiger partial charge in [-0.15, -0.1) is 0 Å². The van der Waals surface area contributed by atoms with Crippen molar-refractivity contribution in [1.82, 2.24) is 10.2 Å². The second-order valence-electron chi connectivity index (χ2n) is 4.86. The van der Waals surface area contributed by atoms with Crippen molar-refractivity contribution in [2.75, 3.05) is 13.6 Å². The molecule has 0 radical (unpaired) electrons. The quantitative estimate of drug-likeness (QED) is 0.906. The summed E-state index contributed by atoms with van der Waals surface area (Å²) in [6, 6.07) is 6.47. The molecule has 0 heterocycles. The van der Waals surface area contributed by atoms with Crippen LogP contribution in [0.15, 0.2) is 22.7 Å². The number of nitrogens with zero attached hydrogens (tertiary/aromatic N) is 1. The highest BCUT2D eigenvalue weighted by Crippen LogP contribution is 2.17. The van der Waals surface area contributed by atoms with E-state index in [1.807, 2.05) is 27.0 Å². The molecule has 1 amide bonds. The van der Waals surface area contributed by atoms with E-state index in [0.29, 0.717) is 19.1 Å². The molecule has 1 rings (SSSR count). The van der Waals surface area contributed by atoms with Gasteiger partial charge in [0, 0.05) is 24.1 Å². The van der Waals surface area contributed by atoms with E-state index in [0.717, 1.165) is 4.47 Å². The fraction of sp³-hybridized carbons (Fsp3) is 0.500. The van der Waals surface area contributed by atoms with Crippen molar-refractivity contribution in [3.05, 3.63) is 33.8 Å². The highest BCUT2D eigenvalue weighted by atomic mass is 79.9. The molecule has 0 aliphatic carbocycles. The Morgan fingerprint density at radius 3 is 2.72 bits per heavy atom. The van der Waals surface area contributed by atoms with Gasteiger partial charge in [-0.3, -0.25) is 4.79 Å². The van der Waals surface area contributed by atoms with Crippen LogP contribution in [0.2, 0.25) is 0 Å². The van der Waals surface area contributed by atoms with Crippen LogP contribution in [0, 0.1) is 6.92 Å². The maximum atomic E-state index is 11.9. The second-order valence-corrected chi connectivity index (χ2v) is 5.77. The Morgan fingerprint density at radius 1 is 1.44 bits per heavy atom. The van der Waals surface area contributed by atoms with Gasteiger partial charge in [-0.05, 0) is 30.2 Å². The summed E-state index contributed by atoms with van der Waals surface area (Å²) in [7, 11) is 1.84. The number of rotatable bonds is 5. The Bertz CT molecular complexity index is 418. The molecule has 3 nitrogen and oxygen atoms in total. The van der Waals surface area contributed by atoms with Gasteiger partial charge in [0.05, 0.1) is 6.54 Å². The zero-order valence-electron chi connectivity index (χ0n) is 11.5. The first kappa shape index (κ1) is 15.2. The lowest BCUT2D eigenvalue weighted by atomic mass is 10.1. The molecular weight excluding hydrogens is 292 g/mol. The number of hydrogen-bond donors (Lipinski definition) is 1. The Kier molecular flexibility index (Phi) is 5.82. The summed E-state index contributed by atoms with van der Waals surface area (Å²) in [6.07, 6.45) is 0. The lowest BCUT2D eigenvalue weighted by Gasteiger charge is -2.19. The Hall–Kier alpha value is -0.870. The molecule has 0 aliphatic heterocycles. The molecule has 1 aromatic rings. The highest BCUT2D eigenvalue weighted by Gasteiger charge is 2.10. The molecule has 0 saturated carbocycles. The first-order valence-corrected chi connectivity index (χ1v) is 6.92. The molecule has 0 atom stereocenters. The van der Waals surface area contributed by atoms with Gasteiger partial charge < -0.3 is 10.2 Å². The first-order chi connectivity index (χ1) is 8.40. The van der Waals surface area contributed by atoms with Crippen molar-refractivity contribution < 1.29 is 4.79 Å². The van der Waals surface area contributed by atoms with E-state index in [-0.39, 0.29) is 5.91 Å². The van der Waals surface area contributed by atoms with Crippen LogP contribution in [0.3, 0.4) is 0 Å². The first-order valence-electron chi connectivity index (χ1n) is 6.12. The van der Waals surface area contributed by atoms with Crippen LogP contribution in [0.4, 0.5) is 0 Å². The molecule has 0 bridgehead atoms. The maximum absolute atomic E-state index is 11.9. The molecule has 100 valence electrons. The summed E-state index contributed by atoms with van der Waals surface area (Å²) >= 11 is 3.46. The van der Waals surface area contributed by atoms with Gasteiger partial charge >= 0.3 is 0 Å². The highest BCUT2D eigenvalue weighted by molar-refractivity contribution is 9.10. The van der Waals surface area contributed by atoms with Gasteiger partial charge in [-0.2, -0.15) is 0 Å². The van der Waals surface area contributed by atoms with Crippen LogP contribution < -0.4 is 5.32 Å². The number of amides is 1. The smallest absolute Gasteiger partial charge is 0.236 e. The molecule has 0 saturated heterocycles. The molecule has 1 aromatic carbocycles. The van der Waals surface area contributed by atoms with E-state index in [1.165, 1.54) is 11.1 Å². The van der Waals surface area contributed by atoms with Crippen molar-refractivity contribution in [2.45, 2.75) is 33.4 Å². The Morgan fingerprint density at radius 2 is 2.11 bits per heavy atom. The van der Waals surface area contributed by atoms with Crippen LogP contribution in [-0.4, -0.2) is 30.4 Å². The van der Waals surface area contributed by atoms with E-state index in [1.54, 1.807) is 4.90 Å². The number of nitrogens with one attached hydrogen (secondary N) is 1. The molecule has 0 aliphatic rings. The number of benzene rings is 1. The third-order valence-electron chi connectivity index (χ3n) is 2.81. The summed E-state index contributed by atoms with van der Waals surface area (Å²) in [5.41, 5.74) is 2.37. The maximum Gasteiger partial charge on any atom is 0.236 e.